The van der Waals surface area contributed by atoms with E-state index in [1.807, 2.05) is 0 Å². The van der Waals surface area contributed by atoms with Gasteiger partial charge in [0.2, 0.25) is 0 Å². The van der Waals surface area contributed by atoms with Crippen LogP contribution >= 0.6 is 31.9 Å². The molecule has 0 unspecified atom stereocenters. The lowest BCUT2D eigenvalue weighted by molar-refractivity contribution is 0.127. The topological polar surface area (TPSA) is 9.23 Å². The Labute approximate surface area is 156 Å². The van der Waals surface area contributed by atoms with Gasteiger partial charge in [-0.2, -0.15) is 0 Å². The van der Waals surface area contributed by atoms with E-state index >= 15 is 0 Å². The molecular weight excluding hydrogens is 416 g/mol. The summed E-state index contributed by atoms with van der Waals surface area (Å²) in [7, 11) is 0. The average Bonchev–Trinajstić information content (AvgIpc) is 2.56. The summed E-state index contributed by atoms with van der Waals surface area (Å²) in [4.78, 5) is 0. The van der Waals surface area contributed by atoms with E-state index in [1.165, 1.54) is 24.0 Å². The lowest BCUT2D eigenvalue weighted by Crippen LogP contribution is -1.99. The molecular formula is C20H24Br2O. The van der Waals surface area contributed by atoms with Crippen LogP contribution in [0.3, 0.4) is 0 Å². The maximum Gasteiger partial charge on any atom is 0.0466 e. The van der Waals surface area contributed by atoms with Gasteiger partial charge >= 0.3 is 0 Å². The van der Waals surface area contributed by atoms with E-state index in [-0.39, 0.29) is 0 Å². The van der Waals surface area contributed by atoms with Crippen molar-refractivity contribution in [3.05, 3.63) is 68.6 Å². The van der Waals surface area contributed by atoms with Gasteiger partial charge in [0.05, 0.1) is 0 Å². The van der Waals surface area contributed by atoms with E-state index < -0.39 is 0 Å². The van der Waals surface area contributed by atoms with Gasteiger partial charge in [-0.15, -0.1) is 0 Å². The first-order valence-electron chi connectivity index (χ1n) is 8.31. The van der Waals surface area contributed by atoms with Gasteiger partial charge in [0.1, 0.15) is 0 Å². The van der Waals surface area contributed by atoms with Gasteiger partial charge in [-0.1, -0.05) is 56.1 Å². The summed E-state index contributed by atoms with van der Waals surface area (Å²) in [6.45, 7) is 1.77. The Morgan fingerprint density at radius 2 is 0.957 bits per heavy atom. The third-order valence-corrected chi connectivity index (χ3v) is 4.89. The molecule has 0 saturated heterocycles. The molecule has 23 heavy (non-hydrogen) atoms. The molecule has 0 spiro atoms. The van der Waals surface area contributed by atoms with Crippen LogP contribution in [-0.2, 0) is 17.6 Å². The van der Waals surface area contributed by atoms with Crippen molar-refractivity contribution in [3.8, 4) is 0 Å². The smallest absolute Gasteiger partial charge is 0.0466 e. The molecule has 3 heteroatoms. The van der Waals surface area contributed by atoms with Crippen LogP contribution in [0.2, 0.25) is 0 Å². The van der Waals surface area contributed by atoms with Crippen molar-refractivity contribution in [1.82, 2.24) is 0 Å². The normalized spacial score (nSPS) is 10.9. The molecule has 0 bridgehead atoms. The first kappa shape index (κ1) is 18.7. The van der Waals surface area contributed by atoms with Crippen molar-refractivity contribution >= 4 is 31.9 Å². The standard InChI is InChI=1S/C20H24Br2O/c21-19-11-7-17(8-12-19)5-1-3-15-23-16-4-2-6-18-9-13-20(22)14-10-18/h7-14H,1-6,15-16H2. The number of hydrogen-bond donors (Lipinski definition) is 0. The van der Waals surface area contributed by atoms with Crippen LogP contribution in [0, 0.1) is 0 Å². The minimum Gasteiger partial charge on any atom is -0.381 e. The van der Waals surface area contributed by atoms with Gasteiger partial charge in [-0.05, 0) is 73.9 Å². The maximum absolute atomic E-state index is 5.73. The Balaban J connectivity index is 1.43. The molecule has 2 aromatic carbocycles. The minimum absolute atomic E-state index is 0.884. The predicted molar refractivity (Wildman–Crippen MR) is 105 cm³/mol. The molecule has 0 atom stereocenters. The van der Waals surface area contributed by atoms with E-state index in [2.05, 4.69) is 80.4 Å². The summed E-state index contributed by atoms with van der Waals surface area (Å²) in [5.74, 6) is 0. The number of rotatable bonds is 10. The van der Waals surface area contributed by atoms with E-state index in [4.69, 9.17) is 4.74 Å². The fourth-order valence-electron chi connectivity index (χ4n) is 2.47. The molecule has 124 valence electrons. The largest absolute Gasteiger partial charge is 0.381 e. The van der Waals surface area contributed by atoms with Crippen molar-refractivity contribution in [2.75, 3.05) is 13.2 Å². The third kappa shape index (κ3) is 8.14. The Morgan fingerprint density at radius 1 is 0.565 bits per heavy atom. The van der Waals surface area contributed by atoms with Crippen LogP contribution in [0.5, 0.6) is 0 Å². The van der Waals surface area contributed by atoms with Crippen molar-refractivity contribution in [2.45, 2.75) is 38.5 Å². The number of ether oxygens (including phenoxy) is 1. The number of benzene rings is 2. The Bertz CT molecular complexity index is 497. The van der Waals surface area contributed by atoms with E-state index in [0.717, 1.165) is 47.8 Å². The van der Waals surface area contributed by atoms with Gasteiger partial charge in [0, 0.05) is 22.2 Å². The first-order valence-corrected chi connectivity index (χ1v) is 9.89. The van der Waals surface area contributed by atoms with E-state index in [1.54, 1.807) is 0 Å². The molecule has 2 aromatic rings. The highest BCUT2D eigenvalue weighted by molar-refractivity contribution is 9.10. The van der Waals surface area contributed by atoms with Gasteiger partial charge in [0.15, 0.2) is 0 Å². The zero-order valence-electron chi connectivity index (χ0n) is 13.4. The molecule has 0 heterocycles. The molecule has 0 radical (unpaired) electrons. The molecule has 0 amide bonds. The molecule has 1 nitrogen and oxygen atoms in total. The molecule has 0 N–H and O–H groups in total. The summed E-state index contributed by atoms with van der Waals surface area (Å²) < 4.78 is 8.02. The van der Waals surface area contributed by atoms with Gasteiger partial charge in [0.25, 0.3) is 0 Å². The van der Waals surface area contributed by atoms with Crippen LogP contribution < -0.4 is 0 Å². The van der Waals surface area contributed by atoms with Crippen LogP contribution in [0.4, 0.5) is 0 Å². The zero-order valence-corrected chi connectivity index (χ0v) is 16.6. The molecule has 0 fully saturated rings. The molecule has 2 rings (SSSR count). The van der Waals surface area contributed by atoms with Crippen molar-refractivity contribution in [2.24, 2.45) is 0 Å². The molecule has 0 aromatic heterocycles. The second-order valence-electron chi connectivity index (χ2n) is 5.78. The summed E-state index contributed by atoms with van der Waals surface area (Å²) >= 11 is 6.93. The lowest BCUT2D eigenvalue weighted by atomic mass is 10.1. The van der Waals surface area contributed by atoms with Gasteiger partial charge < -0.3 is 4.74 Å². The summed E-state index contributed by atoms with van der Waals surface area (Å²) in [5, 5.41) is 0. The fourth-order valence-corrected chi connectivity index (χ4v) is 3.00. The predicted octanol–water partition coefficient (Wildman–Crippen LogP) is 6.57. The Morgan fingerprint density at radius 3 is 1.35 bits per heavy atom. The zero-order chi connectivity index (χ0) is 16.3. The van der Waals surface area contributed by atoms with Crippen molar-refractivity contribution in [1.29, 1.82) is 0 Å². The number of halogens is 2. The lowest BCUT2D eigenvalue weighted by Gasteiger charge is -2.05. The van der Waals surface area contributed by atoms with Crippen molar-refractivity contribution < 1.29 is 4.74 Å². The highest BCUT2D eigenvalue weighted by atomic mass is 79.9. The summed E-state index contributed by atoms with van der Waals surface area (Å²) in [5.41, 5.74) is 2.81. The molecule has 0 saturated carbocycles. The van der Waals surface area contributed by atoms with E-state index in [0.29, 0.717) is 0 Å². The van der Waals surface area contributed by atoms with Crippen LogP contribution in [0.1, 0.15) is 36.8 Å². The fraction of sp³-hybridized carbons (Fsp3) is 0.400. The Kier molecular flexibility index (Phi) is 8.95. The molecule has 0 aliphatic carbocycles. The SMILES string of the molecule is Brc1ccc(CCCCOCCCCc2ccc(Br)cc2)cc1. The minimum atomic E-state index is 0.884. The van der Waals surface area contributed by atoms with Gasteiger partial charge in [-0.25, -0.2) is 0 Å². The van der Waals surface area contributed by atoms with Crippen LogP contribution in [0.15, 0.2) is 57.5 Å². The quantitative estimate of drug-likeness (QED) is 0.380. The van der Waals surface area contributed by atoms with Gasteiger partial charge in [-0.3, -0.25) is 0 Å². The van der Waals surface area contributed by atoms with Crippen molar-refractivity contribution in [3.63, 3.8) is 0 Å². The number of aryl methyl sites for hydroxylation is 2. The summed E-state index contributed by atoms with van der Waals surface area (Å²) in [6, 6.07) is 17.2. The summed E-state index contributed by atoms with van der Waals surface area (Å²) in [6.07, 6.45) is 6.95. The monoisotopic (exact) mass is 438 g/mol. The number of unbranched alkanes of at least 4 members (excludes halogenated alkanes) is 2. The van der Waals surface area contributed by atoms with E-state index in [9.17, 15) is 0 Å². The highest BCUT2D eigenvalue weighted by Crippen LogP contribution is 2.13. The molecule has 0 aliphatic heterocycles. The second-order valence-corrected chi connectivity index (χ2v) is 7.61. The average molecular weight is 440 g/mol. The second kappa shape index (κ2) is 11.0. The Hall–Kier alpha value is -0.640. The van der Waals surface area contributed by atoms with Crippen LogP contribution in [0.25, 0.3) is 0 Å². The highest BCUT2D eigenvalue weighted by Gasteiger charge is 1.96. The maximum atomic E-state index is 5.73. The molecule has 0 aliphatic rings. The third-order valence-electron chi connectivity index (χ3n) is 3.83. The van der Waals surface area contributed by atoms with Crippen LogP contribution in [-0.4, -0.2) is 13.2 Å². The number of hydrogen-bond acceptors (Lipinski definition) is 1. The first-order chi connectivity index (χ1) is 11.2.